The van der Waals surface area contributed by atoms with Crippen molar-refractivity contribution in [2.45, 2.75) is 113 Å². The molecule has 0 unspecified atom stereocenters. The Bertz CT molecular complexity index is 871. The Morgan fingerprint density at radius 1 is 0.529 bits per heavy atom. The maximum absolute atomic E-state index is 2.65. The summed E-state index contributed by atoms with van der Waals surface area (Å²) in [6.07, 6.45) is 22.3. The molecule has 3 aliphatic carbocycles. The van der Waals surface area contributed by atoms with Gasteiger partial charge in [-0.1, -0.05) is 55.7 Å². The lowest BCUT2D eigenvalue weighted by molar-refractivity contribution is 0.455. The van der Waals surface area contributed by atoms with Gasteiger partial charge in [0.25, 0.3) is 0 Å². The van der Waals surface area contributed by atoms with Crippen molar-refractivity contribution in [3.05, 3.63) is 48.5 Å². The van der Waals surface area contributed by atoms with E-state index in [-0.39, 0.29) is 0 Å². The summed E-state index contributed by atoms with van der Waals surface area (Å²) in [6, 6.07) is 19.1. The zero-order valence-electron chi connectivity index (χ0n) is 21.9. The van der Waals surface area contributed by atoms with Crippen LogP contribution in [-0.2, 0) is 0 Å². The molecular formula is C32H47NP+. The highest BCUT2D eigenvalue weighted by atomic mass is 31.2. The molecule has 0 spiro atoms. The zero-order valence-corrected chi connectivity index (χ0v) is 22.7. The van der Waals surface area contributed by atoms with Crippen LogP contribution in [0.25, 0.3) is 11.1 Å². The van der Waals surface area contributed by atoms with Crippen molar-refractivity contribution in [2.24, 2.45) is 0 Å². The standard InChI is InChI=1S/C32H47NP/c1-33(2)31-24-14-12-22-29(31)30-23-13-15-25-32(30)34(26-16-6-3-7-17-26,27-18-8-4-9-19-27)28-20-10-5-11-21-28/h12-15,22-28H,3-11,16-21H2,1-2H3/q+1. The first-order valence-electron chi connectivity index (χ1n) is 14.5. The largest absolute Gasteiger partial charge is 0.377 e. The summed E-state index contributed by atoms with van der Waals surface area (Å²) >= 11 is 0. The Morgan fingerprint density at radius 2 is 0.941 bits per heavy atom. The SMILES string of the molecule is CN(C)c1ccccc1-c1ccccc1[P+](C1CCCCC1)(C1CCCCC1)C1CCCCC1. The molecule has 0 amide bonds. The van der Waals surface area contributed by atoms with Crippen LogP contribution in [0, 0.1) is 0 Å². The van der Waals surface area contributed by atoms with E-state index in [1.165, 1.54) is 108 Å². The fraction of sp³-hybridized carbons (Fsp3) is 0.625. The average molecular weight is 477 g/mol. The summed E-state index contributed by atoms with van der Waals surface area (Å²) in [5.74, 6) is 0. The van der Waals surface area contributed by atoms with E-state index < -0.39 is 7.26 Å². The topological polar surface area (TPSA) is 3.24 Å². The van der Waals surface area contributed by atoms with Crippen LogP contribution in [-0.4, -0.2) is 31.1 Å². The third kappa shape index (κ3) is 4.59. The lowest BCUT2D eigenvalue weighted by Crippen LogP contribution is -2.42. The molecule has 2 aromatic rings. The van der Waals surface area contributed by atoms with Gasteiger partial charge in [-0.25, -0.2) is 0 Å². The second-order valence-electron chi connectivity index (χ2n) is 11.6. The van der Waals surface area contributed by atoms with E-state index in [0.717, 1.165) is 17.0 Å². The van der Waals surface area contributed by atoms with Gasteiger partial charge in [-0.05, 0) is 89.2 Å². The number of para-hydroxylation sites is 1. The molecule has 0 heterocycles. The van der Waals surface area contributed by atoms with Crippen molar-refractivity contribution in [1.82, 2.24) is 0 Å². The molecule has 184 valence electrons. The number of hydrogen-bond acceptors (Lipinski definition) is 1. The quantitative estimate of drug-likeness (QED) is 0.376. The van der Waals surface area contributed by atoms with Crippen LogP contribution in [0.5, 0.6) is 0 Å². The van der Waals surface area contributed by atoms with Crippen LogP contribution in [0.4, 0.5) is 5.69 Å². The third-order valence-corrected chi connectivity index (χ3v) is 15.9. The fourth-order valence-corrected chi connectivity index (χ4v) is 15.7. The van der Waals surface area contributed by atoms with Crippen LogP contribution in [0.15, 0.2) is 48.5 Å². The smallest absolute Gasteiger partial charge is 0.103 e. The second kappa shape index (κ2) is 11.2. The van der Waals surface area contributed by atoms with Gasteiger partial charge in [0.15, 0.2) is 0 Å². The van der Waals surface area contributed by atoms with Crippen molar-refractivity contribution in [3.63, 3.8) is 0 Å². The molecule has 2 heteroatoms. The Morgan fingerprint density at radius 3 is 1.41 bits per heavy atom. The molecule has 0 radical (unpaired) electrons. The Balaban J connectivity index is 1.74. The minimum Gasteiger partial charge on any atom is -0.377 e. The minimum atomic E-state index is -1.35. The van der Waals surface area contributed by atoms with Gasteiger partial charge in [0.2, 0.25) is 0 Å². The minimum absolute atomic E-state index is 0.972. The first-order chi connectivity index (χ1) is 16.7. The molecule has 0 atom stereocenters. The molecule has 3 aliphatic rings. The van der Waals surface area contributed by atoms with Gasteiger partial charge in [0.1, 0.15) is 5.30 Å². The van der Waals surface area contributed by atoms with E-state index in [0.29, 0.717) is 0 Å². The highest BCUT2D eigenvalue weighted by Crippen LogP contribution is 2.77. The van der Waals surface area contributed by atoms with Gasteiger partial charge in [0, 0.05) is 30.9 Å². The predicted molar refractivity (Wildman–Crippen MR) is 153 cm³/mol. The van der Waals surface area contributed by atoms with E-state index in [1.54, 1.807) is 5.56 Å². The Kier molecular flexibility index (Phi) is 8.00. The number of rotatable bonds is 6. The number of anilines is 1. The molecule has 5 rings (SSSR count). The highest BCUT2D eigenvalue weighted by molar-refractivity contribution is 7.85. The molecule has 0 N–H and O–H groups in total. The molecule has 34 heavy (non-hydrogen) atoms. The lowest BCUT2D eigenvalue weighted by Gasteiger charge is -2.49. The zero-order chi connectivity index (χ0) is 23.4. The molecular weight excluding hydrogens is 429 g/mol. The van der Waals surface area contributed by atoms with E-state index >= 15 is 0 Å². The van der Waals surface area contributed by atoms with Gasteiger partial charge in [0.05, 0.1) is 24.2 Å². The van der Waals surface area contributed by atoms with Crippen LogP contribution in [0.2, 0.25) is 0 Å². The van der Waals surface area contributed by atoms with Gasteiger partial charge < -0.3 is 4.90 Å². The van der Waals surface area contributed by atoms with Gasteiger partial charge in [-0.2, -0.15) is 0 Å². The van der Waals surface area contributed by atoms with Gasteiger partial charge in [-0.15, -0.1) is 0 Å². The van der Waals surface area contributed by atoms with Crippen LogP contribution < -0.4 is 10.2 Å². The Hall–Kier alpha value is -1.33. The first-order valence-corrected chi connectivity index (χ1v) is 16.5. The van der Waals surface area contributed by atoms with E-state index in [4.69, 9.17) is 0 Å². The number of benzene rings is 2. The summed E-state index contributed by atoms with van der Waals surface area (Å²) in [6.45, 7) is 0. The molecule has 3 fully saturated rings. The number of hydrogen-bond donors (Lipinski definition) is 0. The van der Waals surface area contributed by atoms with E-state index in [9.17, 15) is 0 Å². The molecule has 0 saturated heterocycles. The first kappa shape index (κ1) is 24.4. The van der Waals surface area contributed by atoms with Crippen LogP contribution in [0.1, 0.15) is 96.3 Å². The molecule has 0 aromatic heterocycles. The third-order valence-electron chi connectivity index (χ3n) is 9.53. The van der Waals surface area contributed by atoms with Crippen LogP contribution >= 0.6 is 7.26 Å². The second-order valence-corrected chi connectivity index (χ2v) is 16.0. The molecule has 3 saturated carbocycles. The summed E-state index contributed by atoms with van der Waals surface area (Å²) in [5, 5.41) is 1.84. The van der Waals surface area contributed by atoms with Crippen molar-refractivity contribution >= 4 is 18.3 Å². The fourth-order valence-electron chi connectivity index (χ4n) is 8.14. The molecule has 2 aromatic carbocycles. The van der Waals surface area contributed by atoms with Crippen molar-refractivity contribution < 1.29 is 0 Å². The van der Waals surface area contributed by atoms with Gasteiger partial charge >= 0.3 is 0 Å². The molecule has 1 nitrogen and oxygen atoms in total. The maximum atomic E-state index is 2.65. The summed E-state index contributed by atoms with van der Waals surface area (Å²) in [7, 11) is 3.08. The maximum Gasteiger partial charge on any atom is 0.103 e. The summed E-state index contributed by atoms with van der Waals surface area (Å²) in [4.78, 5) is 2.33. The number of nitrogens with zero attached hydrogens (tertiary/aromatic N) is 1. The highest BCUT2D eigenvalue weighted by Gasteiger charge is 2.59. The van der Waals surface area contributed by atoms with E-state index in [1.807, 2.05) is 5.30 Å². The van der Waals surface area contributed by atoms with Crippen molar-refractivity contribution in [3.8, 4) is 11.1 Å². The van der Waals surface area contributed by atoms with E-state index in [2.05, 4.69) is 67.5 Å². The van der Waals surface area contributed by atoms with Crippen LogP contribution in [0.3, 0.4) is 0 Å². The van der Waals surface area contributed by atoms with Crippen molar-refractivity contribution in [2.75, 3.05) is 19.0 Å². The molecule has 0 aliphatic heterocycles. The molecule has 0 bridgehead atoms. The Labute approximate surface area is 210 Å². The monoisotopic (exact) mass is 476 g/mol. The predicted octanol–water partition coefficient (Wildman–Crippen LogP) is 9.06. The summed E-state index contributed by atoms with van der Waals surface area (Å²) in [5.41, 5.74) is 7.35. The van der Waals surface area contributed by atoms with Gasteiger partial charge in [-0.3, -0.25) is 0 Å². The summed E-state index contributed by atoms with van der Waals surface area (Å²) < 4.78 is 0. The lowest BCUT2D eigenvalue weighted by atomic mass is 9.98. The average Bonchev–Trinajstić information content (AvgIpc) is 2.91. The van der Waals surface area contributed by atoms with Crippen molar-refractivity contribution in [1.29, 1.82) is 0 Å². The normalized spacial score (nSPS) is 21.5.